The Labute approximate surface area is 208 Å². The molecule has 0 amide bonds. The SMILES string of the molecule is Cc1nc(N2CCOCC2)nc(C)c1-c1ccc(F)c(COc2cc3c(cn2)C2C(C3)C2C(=O)O)c1. The molecule has 1 saturated heterocycles. The lowest BCUT2D eigenvalue weighted by Crippen LogP contribution is -2.37. The number of hydrogen-bond donors (Lipinski definition) is 1. The summed E-state index contributed by atoms with van der Waals surface area (Å²) in [6.45, 7) is 6.76. The molecule has 1 aromatic carbocycles. The maximum absolute atomic E-state index is 14.7. The predicted molar refractivity (Wildman–Crippen MR) is 130 cm³/mol. The van der Waals surface area contributed by atoms with E-state index in [1.54, 1.807) is 18.3 Å². The standard InChI is InChI=1S/C27H27FN4O4/c1-14-23(15(2)31-27(30-14)32-5-7-35-8-6-32)16-3-4-21(28)18(9-16)13-36-22-11-17-10-19-24(20(17)12-29-22)25(19)26(33)34/h3-4,9,11-12,19,24-25H,5-8,10,13H2,1-2H3,(H,33,34). The summed E-state index contributed by atoms with van der Waals surface area (Å²) in [5, 5.41) is 9.29. The van der Waals surface area contributed by atoms with E-state index in [4.69, 9.17) is 19.4 Å². The number of aryl methyl sites for hydroxylation is 2. The minimum Gasteiger partial charge on any atom is -0.481 e. The summed E-state index contributed by atoms with van der Waals surface area (Å²) >= 11 is 0. The van der Waals surface area contributed by atoms with Crippen LogP contribution in [0.2, 0.25) is 0 Å². The van der Waals surface area contributed by atoms with Crippen LogP contribution in [0.1, 0.15) is 34.0 Å². The Morgan fingerprint density at radius 2 is 1.94 bits per heavy atom. The lowest BCUT2D eigenvalue weighted by Gasteiger charge is -2.27. The molecular formula is C27H27FN4O4. The number of carboxylic acid groups (broad SMARTS) is 1. The average Bonchev–Trinajstić information content (AvgIpc) is 3.46. The highest BCUT2D eigenvalue weighted by atomic mass is 19.1. The van der Waals surface area contributed by atoms with E-state index < -0.39 is 5.97 Å². The van der Waals surface area contributed by atoms with E-state index >= 15 is 0 Å². The third-order valence-electron chi connectivity index (χ3n) is 7.53. The van der Waals surface area contributed by atoms with Crippen molar-refractivity contribution in [1.29, 1.82) is 0 Å². The molecule has 0 radical (unpaired) electrons. The van der Waals surface area contributed by atoms with Crippen LogP contribution in [0.25, 0.3) is 11.1 Å². The summed E-state index contributed by atoms with van der Waals surface area (Å²) in [5.41, 5.74) is 5.88. The number of anilines is 1. The van der Waals surface area contributed by atoms with Gasteiger partial charge in [0.15, 0.2) is 0 Å². The molecule has 36 heavy (non-hydrogen) atoms. The van der Waals surface area contributed by atoms with Gasteiger partial charge in [-0.05, 0) is 55.0 Å². The maximum Gasteiger partial charge on any atom is 0.307 e. The minimum atomic E-state index is -0.738. The van der Waals surface area contributed by atoms with E-state index in [1.165, 1.54) is 6.07 Å². The zero-order chi connectivity index (χ0) is 25.0. The first kappa shape index (κ1) is 22.8. The predicted octanol–water partition coefficient (Wildman–Crippen LogP) is 3.68. The highest BCUT2D eigenvalue weighted by Gasteiger charge is 2.59. The first-order valence-electron chi connectivity index (χ1n) is 12.2. The number of aromatic nitrogens is 3. The zero-order valence-corrected chi connectivity index (χ0v) is 20.2. The van der Waals surface area contributed by atoms with E-state index in [-0.39, 0.29) is 30.2 Å². The molecular weight excluding hydrogens is 463 g/mol. The average molecular weight is 491 g/mol. The van der Waals surface area contributed by atoms with Gasteiger partial charge in [-0.1, -0.05) is 6.07 Å². The van der Waals surface area contributed by atoms with Gasteiger partial charge in [-0.25, -0.2) is 19.3 Å². The number of carbonyl (C=O) groups is 1. The van der Waals surface area contributed by atoms with Crippen LogP contribution in [0.3, 0.4) is 0 Å². The molecule has 3 unspecified atom stereocenters. The lowest BCUT2D eigenvalue weighted by atomic mass is 10.0. The first-order chi connectivity index (χ1) is 17.4. The monoisotopic (exact) mass is 490 g/mol. The number of carboxylic acids is 1. The molecule has 1 aliphatic heterocycles. The molecule has 2 aliphatic carbocycles. The molecule has 0 spiro atoms. The first-order valence-corrected chi connectivity index (χ1v) is 12.2. The summed E-state index contributed by atoms with van der Waals surface area (Å²) < 4.78 is 26.0. The Morgan fingerprint density at radius 3 is 2.67 bits per heavy atom. The fraction of sp³-hybridized carbons (Fsp3) is 0.407. The summed E-state index contributed by atoms with van der Waals surface area (Å²) in [6.07, 6.45) is 2.43. The normalized spacial score (nSPS) is 22.2. The van der Waals surface area contributed by atoms with Crippen molar-refractivity contribution in [3.05, 3.63) is 64.4 Å². The van der Waals surface area contributed by atoms with Crippen molar-refractivity contribution in [2.75, 3.05) is 31.2 Å². The Bertz CT molecular complexity index is 1330. The van der Waals surface area contributed by atoms with Gasteiger partial charge in [0.25, 0.3) is 0 Å². The van der Waals surface area contributed by atoms with Crippen LogP contribution in [0.5, 0.6) is 5.88 Å². The lowest BCUT2D eigenvalue weighted by molar-refractivity contribution is -0.139. The van der Waals surface area contributed by atoms with E-state index in [0.717, 1.165) is 53.2 Å². The van der Waals surface area contributed by atoms with Crippen LogP contribution in [0.15, 0.2) is 30.5 Å². The molecule has 1 saturated carbocycles. The fourth-order valence-electron chi connectivity index (χ4n) is 5.70. The number of morpholine rings is 1. The van der Waals surface area contributed by atoms with Crippen molar-refractivity contribution < 1.29 is 23.8 Å². The third kappa shape index (κ3) is 3.97. The van der Waals surface area contributed by atoms with Crippen molar-refractivity contribution in [2.24, 2.45) is 11.8 Å². The smallest absolute Gasteiger partial charge is 0.307 e. The number of rotatable bonds is 6. The summed E-state index contributed by atoms with van der Waals surface area (Å²) in [5.74, 6) is -0.0511. The molecule has 1 N–H and O–H groups in total. The molecule has 2 aromatic heterocycles. The van der Waals surface area contributed by atoms with Gasteiger partial charge in [-0.2, -0.15) is 0 Å². The number of nitrogens with zero attached hydrogens (tertiary/aromatic N) is 4. The molecule has 9 heteroatoms. The Morgan fingerprint density at radius 1 is 1.19 bits per heavy atom. The summed E-state index contributed by atoms with van der Waals surface area (Å²) in [6, 6.07) is 6.82. The Balaban J connectivity index is 1.20. The quantitative estimate of drug-likeness (QED) is 0.559. The number of fused-ring (bicyclic) bond motifs is 3. The van der Waals surface area contributed by atoms with Gasteiger partial charge in [0, 0.05) is 42.4 Å². The van der Waals surface area contributed by atoms with Gasteiger partial charge < -0.3 is 19.5 Å². The van der Waals surface area contributed by atoms with Crippen molar-refractivity contribution in [2.45, 2.75) is 32.8 Å². The van der Waals surface area contributed by atoms with Crippen molar-refractivity contribution in [3.8, 4) is 17.0 Å². The number of aliphatic carboxylic acids is 1. The second-order valence-corrected chi connectivity index (χ2v) is 9.74. The Hall–Kier alpha value is -3.59. The van der Waals surface area contributed by atoms with Crippen LogP contribution in [0, 0.1) is 31.5 Å². The van der Waals surface area contributed by atoms with Crippen LogP contribution in [0.4, 0.5) is 10.3 Å². The molecule has 3 aliphatic rings. The molecule has 3 aromatic rings. The van der Waals surface area contributed by atoms with E-state index in [2.05, 4.69) is 9.88 Å². The Kier molecular flexibility index (Phi) is 5.59. The maximum atomic E-state index is 14.7. The number of pyridine rings is 1. The zero-order valence-electron chi connectivity index (χ0n) is 20.2. The van der Waals surface area contributed by atoms with Crippen molar-refractivity contribution in [3.63, 3.8) is 0 Å². The van der Waals surface area contributed by atoms with Gasteiger partial charge in [-0.3, -0.25) is 4.79 Å². The van der Waals surface area contributed by atoms with Gasteiger partial charge in [-0.15, -0.1) is 0 Å². The van der Waals surface area contributed by atoms with Crippen LogP contribution in [-0.2, 0) is 22.6 Å². The summed E-state index contributed by atoms with van der Waals surface area (Å²) in [4.78, 5) is 27.2. The fourth-order valence-corrected chi connectivity index (χ4v) is 5.70. The van der Waals surface area contributed by atoms with Gasteiger partial charge >= 0.3 is 5.97 Å². The molecule has 2 fully saturated rings. The van der Waals surface area contributed by atoms with Gasteiger partial charge in [0.1, 0.15) is 12.4 Å². The number of benzene rings is 1. The highest BCUT2D eigenvalue weighted by molar-refractivity contribution is 5.77. The van der Waals surface area contributed by atoms with Crippen LogP contribution in [-0.4, -0.2) is 52.3 Å². The second kappa shape index (κ2) is 8.81. The van der Waals surface area contributed by atoms with E-state index in [0.29, 0.717) is 30.6 Å². The highest BCUT2D eigenvalue weighted by Crippen LogP contribution is 2.61. The van der Waals surface area contributed by atoms with E-state index in [1.807, 2.05) is 19.9 Å². The molecule has 8 nitrogen and oxygen atoms in total. The van der Waals surface area contributed by atoms with Crippen molar-refractivity contribution in [1.82, 2.24) is 15.0 Å². The summed E-state index contributed by atoms with van der Waals surface area (Å²) in [7, 11) is 0. The van der Waals surface area contributed by atoms with Crippen LogP contribution < -0.4 is 9.64 Å². The molecule has 0 bridgehead atoms. The number of ether oxygens (including phenoxy) is 2. The topological polar surface area (TPSA) is 97.7 Å². The second-order valence-electron chi connectivity index (χ2n) is 9.74. The third-order valence-corrected chi connectivity index (χ3v) is 7.53. The molecule has 3 atom stereocenters. The van der Waals surface area contributed by atoms with Crippen molar-refractivity contribution >= 4 is 11.9 Å². The van der Waals surface area contributed by atoms with Gasteiger partial charge in [0.05, 0.1) is 30.5 Å². The molecule has 3 heterocycles. The van der Waals surface area contributed by atoms with Gasteiger partial charge in [0.2, 0.25) is 11.8 Å². The van der Waals surface area contributed by atoms with E-state index in [9.17, 15) is 14.3 Å². The molecule has 186 valence electrons. The van der Waals surface area contributed by atoms with Crippen LogP contribution >= 0.6 is 0 Å². The molecule has 6 rings (SSSR count). The number of halogens is 1. The largest absolute Gasteiger partial charge is 0.481 e. The minimum absolute atomic E-state index is 0.0287. The number of hydrogen-bond acceptors (Lipinski definition) is 7.